The summed E-state index contributed by atoms with van der Waals surface area (Å²) in [4.78, 5) is 4.49. The number of pyridine rings is 1. The maximum Gasteiger partial charge on any atom is 0.134 e. The molecule has 0 spiro atoms. The zero-order valence-electron chi connectivity index (χ0n) is 10.6. The van der Waals surface area contributed by atoms with Crippen molar-refractivity contribution in [2.75, 3.05) is 5.32 Å². The van der Waals surface area contributed by atoms with Crippen molar-refractivity contribution in [3.63, 3.8) is 0 Å². The van der Waals surface area contributed by atoms with Crippen LogP contribution in [0.25, 0.3) is 10.8 Å². The molecule has 1 aromatic heterocycles. The molecule has 90 valence electrons. The van der Waals surface area contributed by atoms with Gasteiger partial charge in [-0.25, -0.2) is 4.98 Å². The second kappa shape index (κ2) is 4.30. The van der Waals surface area contributed by atoms with Crippen molar-refractivity contribution < 1.29 is 0 Å². The lowest BCUT2D eigenvalue weighted by Gasteiger charge is -2.23. The fourth-order valence-electron chi connectivity index (χ4n) is 1.89. The first-order chi connectivity index (χ1) is 7.88. The standard InChI is InChI=1S/C14H17BrN2/c1-9-6-5-7-10-11(15)8-16-13(12(9)10)17-14(2,3)4/h5-8H,1-4H3,(H,16,17). The molecule has 1 aromatic carbocycles. The van der Waals surface area contributed by atoms with Crippen LogP contribution in [0.4, 0.5) is 5.82 Å². The first-order valence-corrected chi connectivity index (χ1v) is 6.50. The van der Waals surface area contributed by atoms with Gasteiger partial charge in [0.15, 0.2) is 0 Å². The van der Waals surface area contributed by atoms with Crippen LogP contribution in [0.1, 0.15) is 26.3 Å². The molecule has 2 nitrogen and oxygen atoms in total. The maximum atomic E-state index is 4.49. The van der Waals surface area contributed by atoms with Crippen molar-refractivity contribution in [3.8, 4) is 0 Å². The number of aromatic nitrogens is 1. The van der Waals surface area contributed by atoms with Gasteiger partial charge in [-0.1, -0.05) is 18.2 Å². The van der Waals surface area contributed by atoms with Gasteiger partial charge in [0, 0.05) is 27.0 Å². The first kappa shape index (κ1) is 12.4. The zero-order chi connectivity index (χ0) is 12.6. The lowest BCUT2D eigenvalue weighted by molar-refractivity contribution is 0.631. The Kier molecular flexibility index (Phi) is 3.13. The Morgan fingerprint density at radius 2 is 1.94 bits per heavy atom. The Morgan fingerprint density at radius 3 is 2.59 bits per heavy atom. The average Bonchev–Trinajstić information content (AvgIpc) is 2.21. The second-order valence-electron chi connectivity index (χ2n) is 5.33. The molecule has 0 atom stereocenters. The molecule has 0 aliphatic heterocycles. The van der Waals surface area contributed by atoms with Crippen LogP contribution in [0.5, 0.6) is 0 Å². The molecule has 2 aromatic rings. The van der Waals surface area contributed by atoms with Crippen molar-refractivity contribution in [2.24, 2.45) is 0 Å². The summed E-state index contributed by atoms with van der Waals surface area (Å²) < 4.78 is 1.04. The smallest absolute Gasteiger partial charge is 0.134 e. The van der Waals surface area contributed by atoms with Crippen molar-refractivity contribution >= 4 is 32.5 Å². The van der Waals surface area contributed by atoms with Gasteiger partial charge in [0.25, 0.3) is 0 Å². The van der Waals surface area contributed by atoms with Crippen LogP contribution in [-0.4, -0.2) is 10.5 Å². The van der Waals surface area contributed by atoms with Gasteiger partial charge in [-0.05, 0) is 49.2 Å². The highest BCUT2D eigenvalue weighted by atomic mass is 79.9. The first-order valence-electron chi connectivity index (χ1n) is 5.70. The number of fused-ring (bicyclic) bond motifs is 1. The molecular formula is C14H17BrN2. The number of nitrogens with zero attached hydrogens (tertiary/aromatic N) is 1. The number of benzene rings is 1. The quantitative estimate of drug-likeness (QED) is 0.836. The SMILES string of the molecule is Cc1cccc2c(Br)cnc(NC(C)(C)C)c12. The van der Waals surface area contributed by atoms with E-state index in [4.69, 9.17) is 0 Å². The minimum Gasteiger partial charge on any atom is -0.365 e. The van der Waals surface area contributed by atoms with Crippen LogP contribution in [0.15, 0.2) is 28.9 Å². The van der Waals surface area contributed by atoms with Crippen LogP contribution >= 0.6 is 15.9 Å². The van der Waals surface area contributed by atoms with Gasteiger partial charge in [-0.2, -0.15) is 0 Å². The fourth-order valence-corrected chi connectivity index (χ4v) is 2.32. The third-order valence-electron chi connectivity index (χ3n) is 2.57. The molecule has 0 aliphatic carbocycles. The number of hydrogen-bond donors (Lipinski definition) is 1. The topological polar surface area (TPSA) is 24.9 Å². The van der Waals surface area contributed by atoms with Gasteiger partial charge in [0.05, 0.1) is 0 Å². The van der Waals surface area contributed by atoms with E-state index in [0.29, 0.717) is 0 Å². The predicted molar refractivity (Wildman–Crippen MR) is 77.6 cm³/mol. The summed E-state index contributed by atoms with van der Waals surface area (Å²) >= 11 is 3.55. The van der Waals surface area contributed by atoms with Crippen LogP contribution in [0.2, 0.25) is 0 Å². The van der Waals surface area contributed by atoms with Gasteiger partial charge in [-0.15, -0.1) is 0 Å². The molecule has 0 saturated heterocycles. The van der Waals surface area contributed by atoms with Crippen molar-refractivity contribution in [1.82, 2.24) is 4.98 Å². The van der Waals surface area contributed by atoms with E-state index in [1.165, 1.54) is 16.3 Å². The lowest BCUT2D eigenvalue weighted by atomic mass is 10.0. The minimum atomic E-state index is 0.00996. The second-order valence-corrected chi connectivity index (χ2v) is 6.18. The number of halogens is 1. The summed E-state index contributed by atoms with van der Waals surface area (Å²) in [5, 5.41) is 5.85. The molecule has 0 fully saturated rings. The highest BCUT2D eigenvalue weighted by Crippen LogP contribution is 2.31. The summed E-state index contributed by atoms with van der Waals surface area (Å²) in [6.07, 6.45) is 1.86. The molecule has 3 heteroatoms. The van der Waals surface area contributed by atoms with Gasteiger partial charge < -0.3 is 5.32 Å². The third-order valence-corrected chi connectivity index (χ3v) is 3.20. The van der Waals surface area contributed by atoms with Crippen molar-refractivity contribution in [1.29, 1.82) is 0 Å². The molecular weight excluding hydrogens is 276 g/mol. The van der Waals surface area contributed by atoms with Crippen molar-refractivity contribution in [3.05, 3.63) is 34.4 Å². The van der Waals surface area contributed by atoms with E-state index >= 15 is 0 Å². The Labute approximate surface area is 111 Å². The number of nitrogens with one attached hydrogen (secondary N) is 1. The highest BCUT2D eigenvalue weighted by molar-refractivity contribution is 9.10. The molecule has 2 rings (SSSR count). The molecule has 0 saturated carbocycles. The van der Waals surface area contributed by atoms with Gasteiger partial charge in [0.1, 0.15) is 5.82 Å². The van der Waals surface area contributed by atoms with Gasteiger partial charge in [0.2, 0.25) is 0 Å². The van der Waals surface area contributed by atoms with Gasteiger partial charge >= 0.3 is 0 Å². The van der Waals surface area contributed by atoms with E-state index in [9.17, 15) is 0 Å². The highest BCUT2D eigenvalue weighted by Gasteiger charge is 2.14. The monoisotopic (exact) mass is 292 g/mol. The predicted octanol–water partition coefficient (Wildman–Crippen LogP) is 4.52. The average molecular weight is 293 g/mol. The summed E-state index contributed by atoms with van der Waals surface area (Å²) in [7, 11) is 0. The Morgan fingerprint density at radius 1 is 1.24 bits per heavy atom. The number of rotatable bonds is 1. The summed E-state index contributed by atoms with van der Waals surface area (Å²) in [5.41, 5.74) is 1.25. The normalized spacial score (nSPS) is 11.8. The molecule has 1 N–H and O–H groups in total. The molecule has 1 heterocycles. The number of anilines is 1. The summed E-state index contributed by atoms with van der Waals surface area (Å²) in [5.74, 6) is 0.953. The summed E-state index contributed by atoms with van der Waals surface area (Å²) in [6.45, 7) is 8.53. The van der Waals surface area contributed by atoms with E-state index in [1.807, 2.05) is 6.20 Å². The summed E-state index contributed by atoms with van der Waals surface area (Å²) in [6, 6.07) is 6.30. The van der Waals surface area contributed by atoms with Crippen LogP contribution in [0, 0.1) is 6.92 Å². The van der Waals surface area contributed by atoms with E-state index in [1.54, 1.807) is 0 Å². The lowest BCUT2D eigenvalue weighted by Crippen LogP contribution is -2.26. The zero-order valence-corrected chi connectivity index (χ0v) is 12.2. The Hall–Kier alpha value is -1.09. The third kappa shape index (κ3) is 2.60. The molecule has 17 heavy (non-hydrogen) atoms. The molecule has 0 radical (unpaired) electrons. The number of hydrogen-bond acceptors (Lipinski definition) is 2. The fraction of sp³-hybridized carbons (Fsp3) is 0.357. The van der Waals surface area contributed by atoms with E-state index < -0.39 is 0 Å². The Bertz CT molecular complexity index is 556. The van der Waals surface area contributed by atoms with Gasteiger partial charge in [-0.3, -0.25) is 0 Å². The number of aryl methyl sites for hydroxylation is 1. The largest absolute Gasteiger partial charge is 0.365 e. The van der Waals surface area contributed by atoms with Crippen molar-refractivity contribution in [2.45, 2.75) is 33.2 Å². The maximum absolute atomic E-state index is 4.49. The van der Waals surface area contributed by atoms with Crippen LogP contribution in [0.3, 0.4) is 0 Å². The molecule has 0 aliphatic rings. The molecule has 0 bridgehead atoms. The van der Waals surface area contributed by atoms with E-state index in [0.717, 1.165) is 10.3 Å². The minimum absolute atomic E-state index is 0.00996. The van der Waals surface area contributed by atoms with E-state index in [2.05, 4.69) is 72.1 Å². The van der Waals surface area contributed by atoms with Crippen LogP contribution in [-0.2, 0) is 0 Å². The van der Waals surface area contributed by atoms with E-state index in [-0.39, 0.29) is 5.54 Å². The Balaban J connectivity index is 2.69. The molecule has 0 amide bonds. The van der Waals surface area contributed by atoms with Crippen LogP contribution < -0.4 is 5.32 Å². The molecule has 0 unspecified atom stereocenters.